The molecule has 0 atom stereocenters. The van der Waals surface area contributed by atoms with Gasteiger partial charge in [0, 0.05) is 16.9 Å². The predicted octanol–water partition coefficient (Wildman–Crippen LogP) is 3.81. The van der Waals surface area contributed by atoms with Crippen molar-refractivity contribution in [3.8, 4) is 5.75 Å². The highest BCUT2D eigenvalue weighted by Gasteiger charge is 2.18. The molecule has 1 rings (SSSR count). The van der Waals surface area contributed by atoms with Crippen molar-refractivity contribution in [2.45, 2.75) is 32.1 Å². The first-order chi connectivity index (χ1) is 8.59. The Hall–Kier alpha value is -0.670. The van der Waals surface area contributed by atoms with Crippen LogP contribution < -0.4 is 10.1 Å². The van der Waals surface area contributed by atoms with Crippen LogP contribution in [-0.2, 0) is 0 Å². The third kappa shape index (κ3) is 5.32. The Bertz CT molecular complexity index is 352. The lowest BCUT2D eigenvalue weighted by Crippen LogP contribution is -2.34. The van der Waals surface area contributed by atoms with Gasteiger partial charge in [0.25, 0.3) is 0 Å². The maximum Gasteiger partial charge on any atom is 0.132 e. The second-order valence-corrected chi connectivity index (χ2v) is 6.13. The van der Waals surface area contributed by atoms with Gasteiger partial charge in [-0.15, -0.1) is 11.8 Å². The smallest absolute Gasteiger partial charge is 0.132 e. The highest BCUT2D eigenvalue weighted by molar-refractivity contribution is 7.98. The van der Waals surface area contributed by atoms with Crippen LogP contribution in [0.3, 0.4) is 0 Å². The Morgan fingerprint density at radius 3 is 2.67 bits per heavy atom. The topological polar surface area (TPSA) is 21.3 Å². The molecule has 0 fully saturated rings. The van der Waals surface area contributed by atoms with E-state index < -0.39 is 0 Å². The zero-order valence-corrected chi connectivity index (χ0v) is 12.8. The largest absolute Gasteiger partial charge is 0.492 e. The fraction of sp³-hybridized carbons (Fsp3) is 0.600. The van der Waals surface area contributed by atoms with E-state index >= 15 is 0 Å². The molecule has 0 aromatic heterocycles. The van der Waals surface area contributed by atoms with Gasteiger partial charge in [-0.2, -0.15) is 0 Å². The number of rotatable bonds is 8. The first-order valence-electron chi connectivity index (χ1n) is 6.55. The van der Waals surface area contributed by atoms with Crippen molar-refractivity contribution in [3.63, 3.8) is 0 Å². The first-order valence-corrected chi connectivity index (χ1v) is 7.78. The molecule has 18 heavy (non-hydrogen) atoms. The molecule has 0 aliphatic carbocycles. The number of hydrogen-bond acceptors (Lipinski definition) is 3. The molecule has 0 aliphatic heterocycles. The van der Waals surface area contributed by atoms with Crippen molar-refractivity contribution in [1.82, 2.24) is 5.32 Å². The lowest BCUT2D eigenvalue weighted by molar-refractivity contribution is 0.173. The van der Waals surface area contributed by atoms with Crippen molar-refractivity contribution in [2.75, 3.05) is 26.0 Å². The van der Waals surface area contributed by atoms with Crippen LogP contribution >= 0.6 is 11.8 Å². The van der Waals surface area contributed by atoms with Gasteiger partial charge in [-0.25, -0.2) is 0 Å². The Labute approximate surface area is 116 Å². The van der Waals surface area contributed by atoms with Gasteiger partial charge >= 0.3 is 0 Å². The second kappa shape index (κ2) is 7.70. The van der Waals surface area contributed by atoms with Crippen molar-refractivity contribution in [2.24, 2.45) is 5.41 Å². The molecule has 1 N–H and O–H groups in total. The van der Waals surface area contributed by atoms with Gasteiger partial charge in [0.05, 0.1) is 6.61 Å². The van der Waals surface area contributed by atoms with Crippen molar-refractivity contribution >= 4 is 11.8 Å². The Balaban J connectivity index is 2.47. The summed E-state index contributed by atoms with van der Waals surface area (Å²) < 4.78 is 5.96. The lowest BCUT2D eigenvalue weighted by Gasteiger charge is -2.25. The molecule has 1 aromatic carbocycles. The summed E-state index contributed by atoms with van der Waals surface area (Å²) in [6.45, 7) is 9.45. The van der Waals surface area contributed by atoms with E-state index in [1.807, 2.05) is 18.2 Å². The summed E-state index contributed by atoms with van der Waals surface area (Å²) in [4.78, 5) is 1.20. The van der Waals surface area contributed by atoms with Crippen LogP contribution in [0.5, 0.6) is 5.75 Å². The minimum absolute atomic E-state index is 0.153. The summed E-state index contributed by atoms with van der Waals surface area (Å²) in [5.74, 6) is 0.994. The quantitative estimate of drug-likeness (QED) is 0.571. The van der Waals surface area contributed by atoms with Gasteiger partial charge in [0.2, 0.25) is 0 Å². The number of nitrogens with one attached hydrogen (secondary N) is 1. The molecule has 1 aromatic rings. The summed E-state index contributed by atoms with van der Waals surface area (Å²) in [6, 6.07) is 8.22. The van der Waals surface area contributed by atoms with Crippen LogP contribution in [0.2, 0.25) is 0 Å². The van der Waals surface area contributed by atoms with E-state index in [9.17, 15) is 0 Å². The van der Waals surface area contributed by atoms with Gasteiger partial charge in [-0.3, -0.25) is 0 Å². The normalized spacial score (nSPS) is 11.6. The zero-order valence-electron chi connectivity index (χ0n) is 12.0. The van der Waals surface area contributed by atoms with Gasteiger partial charge < -0.3 is 10.1 Å². The number of ether oxygens (including phenoxy) is 1. The summed E-state index contributed by atoms with van der Waals surface area (Å²) in [6.07, 6.45) is 3.25. The van der Waals surface area contributed by atoms with Crippen LogP contribution in [0.1, 0.15) is 27.2 Å². The molecule has 3 heteroatoms. The molecule has 0 radical (unpaired) electrons. The number of benzene rings is 1. The van der Waals surface area contributed by atoms with Gasteiger partial charge in [0.15, 0.2) is 0 Å². The molecular weight excluding hydrogens is 242 g/mol. The molecule has 0 saturated carbocycles. The van der Waals surface area contributed by atoms with Crippen LogP contribution in [0, 0.1) is 5.41 Å². The molecule has 0 saturated heterocycles. The SMILES string of the molecule is CCCNCC(C)(C)COc1ccccc1SC. The summed E-state index contributed by atoms with van der Waals surface area (Å²) in [7, 11) is 0. The van der Waals surface area contributed by atoms with Crippen LogP contribution in [-0.4, -0.2) is 26.0 Å². The number of para-hydroxylation sites is 1. The highest BCUT2D eigenvalue weighted by Crippen LogP contribution is 2.28. The van der Waals surface area contributed by atoms with Crippen molar-refractivity contribution in [1.29, 1.82) is 0 Å². The third-order valence-corrected chi connectivity index (χ3v) is 3.49. The summed E-state index contributed by atoms with van der Waals surface area (Å²) in [5, 5.41) is 3.45. The van der Waals surface area contributed by atoms with Gasteiger partial charge in [-0.1, -0.05) is 32.9 Å². The maximum atomic E-state index is 5.96. The average molecular weight is 267 g/mol. The van der Waals surface area contributed by atoms with Crippen molar-refractivity contribution < 1.29 is 4.74 Å². The molecule has 2 nitrogen and oxygen atoms in total. The Morgan fingerprint density at radius 1 is 1.28 bits per heavy atom. The summed E-state index contributed by atoms with van der Waals surface area (Å²) in [5.41, 5.74) is 0.153. The number of hydrogen-bond donors (Lipinski definition) is 1. The Kier molecular flexibility index (Phi) is 6.58. The monoisotopic (exact) mass is 267 g/mol. The average Bonchev–Trinajstić information content (AvgIpc) is 2.37. The minimum atomic E-state index is 0.153. The highest BCUT2D eigenvalue weighted by atomic mass is 32.2. The molecule has 0 bridgehead atoms. The minimum Gasteiger partial charge on any atom is -0.492 e. The third-order valence-electron chi connectivity index (χ3n) is 2.72. The van der Waals surface area contributed by atoms with E-state index in [1.165, 1.54) is 11.3 Å². The van der Waals surface area contributed by atoms with E-state index in [-0.39, 0.29) is 5.41 Å². The Morgan fingerprint density at radius 2 is 2.00 bits per heavy atom. The van der Waals surface area contributed by atoms with Crippen LogP contribution in [0.4, 0.5) is 0 Å². The van der Waals surface area contributed by atoms with Crippen LogP contribution in [0.25, 0.3) is 0 Å². The zero-order chi connectivity index (χ0) is 13.4. The van der Waals surface area contributed by atoms with Crippen molar-refractivity contribution in [3.05, 3.63) is 24.3 Å². The molecule has 0 heterocycles. The molecule has 0 unspecified atom stereocenters. The molecule has 0 spiro atoms. The molecule has 102 valence electrons. The fourth-order valence-electron chi connectivity index (χ4n) is 1.67. The predicted molar refractivity (Wildman–Crippen MR) is 80.7 cm³/mol. The first kappa shape index (κ1) is 15.4. The van der Waals surface area contributed by atoms with E-state index in [0.717, 1.165) is 25.4 Å². The van der Waals surface area contributed by atoms with E-state index in [2.05, 4.69) is 38.4 Å². The number of thioether (sulfide) groups is 1. The summed E-state index contributed by atoms with van der Waals surface area (Å²) >= 11 is 1.73. The van der Waals surface area contributed by atoms with Gasteiger partial charge in [-0.05, 0) is 31.4 Å². The van der Waals surface area contributed by atoms with Crippen LogP contribution in [0.15, 0.2) is 29.2 Å². The fourth-order valence-corrected chi connectivity index (χ4v) is 2.21. The van der Waals surface area contributed by atoms with E-state index in [0.29, 0.717) is 0 Å². The lowest BCUT2D eigenvalue weighted by atomic mass is 9.95. The maximum absolute atomic E-state index is 5.96. The second-order valence-electron chi connectivity index (χ2n) is 5.28. The standard InChI is InChI=1S/C15H25NOS/c1-5-10-16-11-15(2,3)12-17-13-8-6-7-9-14(13)18-4/h6-9,16H,5,10-12H2,1-4H3. The van der Waals surface area contributed by atoms with E-state index in [1.54, 1.807) is 11.8 Å². The molecule has 0 aliphatic rings. The van der Waals surface area contributed by atoms with Gasteiger partial charge in [0.1, 0.15) is 5.75 Å². The molecule has 0 amide bonds. The van der Waals surface area contributed by atoms with E-state index in [4.69, 9.17) is 4.74 Å². The molecular formula is C15H25NOS.